The highest BCUT2D eigenvalue weighted by atomic mass is 35.5. The Morgan fingerprint density at radius 1 is 0.970 bits per heavy atom. The Kier molecular flexibility index (Phi) is 5.86. The van der Waals surface area contributed by atoms with E-state index in [4.69, 9.17) is 21.3 Å². The first-order chi connectivity index (χ1) is 15.4. The number of benzene rings is 3. The number of alkyl halides is 3. The van der Waals surface area contributed by atoms with Crippen molar-refractivity contribution >= 4 is 22.6 Å². The minimum atomic E-state index is -4.70. The monoisotopic (exact) mass is 476 g/mol. The van der Waals surface area contributed by atoms with E-state index in [2.05, 4.69) is 25.8 Å². The Hall–Kier alpha value is -3.06. The molecule has 1 aromatic heterocycles. The van der Waals surface area contributed by atoms with Crippen molar-refractivity contribution in [3.63, 3.8) is 0 Å². The molecule has 0 aliphatic rings. The van der Waals surface area contributed by atoms with Crippen molar-refractivity contribution < 1.29 is 22.3 Å². The quantitative estimate of drug-likeness (QED) is 0.304. The van der Waals surface area contributed by atoms with Gasteiger partial charge in [0.25, 0.3) is 0 Å². The van der Waals surface area contributed by atoms with E-state index < -0.39 is 24.2 Å². The van der Waals surface area contributed by atoms with Crippen LogP contribution < -0.4 is 4.74 Å². The molecule has 33 heavy (non-hydrogen) atoms. The molecule has 8 heteroatoms. The number of halogens is 5. The molecule has 3 nitrogen and oxygen atoms in total. The van der Waals surface area contributed by atoms with Crippen molar-refractivity contribution in [2.75, 3.05) is 0 Å². The van der Waals surface area contributed by atoms with Gasteiger partial charge < -0.3 is 9.72 Å². The fourth-order valence-electron chi connectivity index (χ4n) is 3.63. The van der Waals surface area contributed by atoms with Gasteiger partial charge in [-0.2, -0.15) is 13.2 Å². The molecule has 4 aromatic rings. The van der Waals surface area contributed by atoms with Crippen LogP contribution in [0.4, 0.5) is 17.6 Å². The number of rotatable bonds is 4. The first-order valence-corrected chi connectivity index (χ1v) is 10.6. The number of para-hydroxylation sites is 1. The lowest BCUT2D eigenvalue weighted by molar-refractivity contribution is -0.138. The predicted octanol–water partition coefficient (Wildman–Crippen LogP) is 7.92. The molecule has 4 rings (SSSR count). The highest BCUT2D eigenvalue weighted by Crippen LogP contribution is 2.36. The van der Waals surface area contributed by atoms with E-state index in [-0.39, 0.29) is 21.8 Å². The molecule has 0 atom stereocenters. The molecule has 0 amide bonds. The van der Waals surface area contributed by atoms with Gasteiger partial charge in [-0.25, -0.2) is 9.37 Å². The van der Waals surface area contributed by atoms with Gasteiger partial charge in [-0.15, -0.1) is 0 Å². The summed E-state index contributed by atoms with van der Waals surface area (Å²) in [6.07, 6.45) is -4.70. The fourth-order valence-corrected chi connectivity index (χ4v) is 3.80. The number of nitrogens with zero attached hydrogens (tertiary/aromatic N) is 1. The van der Waals surface area contributed by atoms with Gasteiger partial charge in [0.1, 0.15) is 24.0 Å². The van der Waals surface area contributed by atoms with Crippen molar-refractivity contribution in [1.29, 1.82) is 0 Å². The zero-order valence-corrected chi connectivity index (χ0v) is 18.9. The molecule has 3 aromatic carbocycles. The van der Waals surface area contributed by atoms with Crippen molar-refractivity contribution in [2.24, 2.45) is 0 Å². The van der Waals surface area contributed by atoms with E-state index in [0.29, 0.717) is 17.5 Å². The van der Waals surface area contributed by atoms with Crippen LogP contribution in [0.5, 0.6) is 5.75 Å². The van der Waals surface area contributed by atoms with Crippen molar-refractivity contribution in [1.82, 2.24) is 9.97 Å². The highest BCUT2D eigenvalue weighted by molar-refractivity contribution is 6.32. The number of hydrogen-bond acceptors (Lipinski definition) is 2. The van der Waals surface area contributed by atoms with Crippen LogP contribution in [-0.2, 0) is 18.2 Å². The Bertz CT molecular complexity index is 1320. The van der Waals surface area contributed by atoms with E-state index in [1.165, 1.54) is 0 Å². The Labute approximate surface area is 193 Å². The standard InChI is InChI=1S/C25H21ClF4N2O/c1-24(2,3)17-5-4-6-20-22(17)32-23(31-20)14-8-10-19(26)21(11-14)33-13-15-7-9-16(27)12-18(15)25(28,29)30/h4-12H,13H2,1-3H3,(H,31,32). The maximum Gasteiger partial charge on any atom is 0.416 e. The first-order valence-electron chi connectivity index (χ1n) is 10.2. The fraction of sp³-hybridized carbons (Fsp3) is 0.240. The van der Waals surface area contributed by atoms with Crippen LogP contribution in [0.3, 0.4) is 0 Å². The second-order valence-corrected chi connectivity index (χ2v) is 9.18. The normalized spacial score (nSPS) is 12.4. The SMILES string of the molecule is CC(C)(C)c1cccc2[nH]c(-c3ccc(Cl)c(OCc4ccc(F)cc4C(F)(F)F)c3)nc12. The van der Waals surface area contributed by atoms with Crippen LogP contribution in [0.15, 0.2) is 54.6 Å². The minimum Gasteiger partial charge on any atom is -0.487 e. The number of imidazole rings is 1. The van der Waals surface area contributed by atoms with Crippen molar-refractivity contribution in [3.8, 4) is 17.1 Å². The number of aromatic amines is 1. The van der Waals surface area contributed by atoms with Gasteiger partial charge >= 0.3 is 6.18 Å². The minimum absolute atomic E-state index is 0.106. The largest absolute Gasteiger partial charge is 0.487 e. The summed E-state index contributed by atoms with van der Waals surface area (Å²) in [7, 11) is 0. The third-order valence-corrected chi connectivity index (χ3v) is 5.60. The van der Waals surface area contributed by atoms with Gasteiger partial charge in [0.2, 0.25) is 0 Å². The summed E-state index contributed by atoms with van der Waals surface area (Å²) >= 11 is 6.23. The lowest BCUT2D eigenvalue weighted by Crippen LogP contribution is -2.11. The third-order valence-electron chi connectivity index (χ3n) is 5.29. The van der Waals surface area contributed by atoms with Crippen molar-refractivity contribution in [3.05, 3.63) is 82.1 Å². The van der Waals surface area contributed by atoms with Gasteiger partial charge in [-0.1, -0.05) is 50.6 Å². The first kappa shape index (κ1) is 23.1. The van der Waals surface area contributed by atoms with Gasteiger partial charge in [0.05, 0.1) is 21.6 Å². The molecule has 0 fully saturated rings. The molecular weight excluding hydrogens is 456 g/mol. The Morgan fingerprint density at radius 2 is 1.73 bits per heavy atom. The van der Waals surface area contributed by atoms with Crippen LogP contribution in [0.25, 0.3) is 22.4 Å². The molecule has 1 N–H and O–H groups in total. The Balaban J connectivity index is 1.66. The molecule has 0 radical (unpaired) electrons. The van der Waals surface area contributed by atoms with Gasteiger partial charge in [-0.05, 0) is 47.4 Å². The molecule has 0 saturated carbocycles. The summed E-state index contributed by atoms with van der Waals surface area (Å²) in [5.41, 5.74) is 2.09. The van der Waals surface area contributed by atoms with E-state index in [9.17, 15) is 17.6 Å². The van der Waals surface area contributed by atoms with Crippen molar-refractivity contribution in [2.45, 2.75) is 39.0 Å². The van der Waals surface area contributed by atoms with Crippen LogP contribution in [0.1, 0.15) is 37.5 Å². The Morgan fingerprint density at radius 3 is 2.42 bits per heavy atom. The number of nitrogens with one attached hydrogen (secondary N) is 1. The maximum absolute atomic E-state index is 13.4. The summed E-state index contributed by atoms with van der Waals surface area (Å²) in [6.45, 7) is 5.89. The lowest BCUT2D eigenvalue weighted by Gasteiger charge is -2.19. The van der Waals surface area contributed by atoms with Gasteiger partial charge in [0, 0.05) is 11.1 Å². The highest BCUT2D eigenvalue weighted by Gasteiger charge is 2.34. The molecule has 172 valence electrons. The van der Waals surface area contributed by atoms with Crippen LogP contribution >= 0.6 is 11.6 Å². The number of fused-ring (bicyclic) bond motifs is 1. The summed E-state index contributed by atoms with van der Waals surface area (Å²) in [6, 6.07) is 13.4. The number of aromatic nitrogens is 2. The maximum atomic E-state index is 13.4. The molecule has 0 saturated heterocycles. The molecular formula is C25H21ClF4N2O. The summed E-state index contributed by atoms with van der Waals surface area (Å²) in [5.74, 6) is -0.185. The average Bonchev–Trinajstić information content (AvgIpc) is 3.16. The molecule has 0 unspecified atom stereocenters. The number of hydrogen-bond donors (Lipinski definition) is 1. The number of H-pyrrole nitrogens is 1. The smallest absolute Gasteiger partial charge is 0.416 e. The molecule has 0 aliphatic heterocycles. The molecule has 0 bridgehead atoms. The van der Waals surface area contributed by atoms with E-state index >= 15 is 0 Å². The molecule has 0 aliphatic carbocycles. The second-order valence-electron chi connectivity index (χ2n) is 8.77. The summed E-state index contributed by atoms with van der Waals surface area (Å²) < 4.78 is 58.8. The topological polar surface area (TPSA) is 37.9 Å². The van der Waals surface area contributed by atoms with E-state index in [1.807, 2.05) is 18.2 Å². The van der Waals surface area contributed by atoms with Gasteiger partial charge in [0.15, 0.2) is 0 Å². The van der Waals surface area contributed by atoms with E-state index in [0.717, 1.165) is 28.7 Å². The van der Waals surface area contributed by atoms with Crippen LogP contribution in [0.2, 0.25) is 5.02 Å². The van der Waals surface area contributed by atoms with Gasteiger partial charge in [-0.3, -0.25) is 0 Å². The predicted molar refractivity (Wildman–Crippen MR) is 121 cm³/mol. The van der Waals surface area contributed by atoms with Crippen LogP contribution in [0, 0.1) is 5.82 Å². The lowest BCUT2D eigenvalue weighted by atomic mass is 9.86. The second kappa shape index (κ2) is 8.37. The summed E-state index contributed by atoms with van der Waals surface area (Å²) in [4.78, 5) is 8.03. The number of ether oxygens (including phenoxy) is 1. The zero-order chi connectivity index (χ0) is 24.0. The van der Waals surface area contributed by atoms with Crippen LogP contribution in [-0.4, -0.2) is 9.97 Å². The third kappa shape index (κ3) is 4.83. The molecule has 1 heterocycles. The van der Waals surface area contributed by atoms with E-state index in [1.54, 1.807) is 18.2 Å². The zero-order valence-electron chi connectivity index (χ0n) is 18.1. The average molecular weight is 477 g/mol. The molecule has 0 spiro atoms. The summed E-state index contributed by atoms with van der Waals surface area (Å²) in [5, 5.41) is 0.237.